The van der Waals surface area contributed by atoms with Gasteiger partial charge in [-0.15, -0.1) is 24.2 Å². The lowest BCUT2D eigenvalue weighted by Crippen LogP contribution is -2.36. The van der Waals surface area contributed by atoms with Crippen LogP contribution in [0.15, 0.2) is 53.4 Å². The molecule has 0 saturated heterocycles. The lowest BCUT2D eigenvalue weighted by molar-refractivity contribution is -0.118. The van der Waals surface area contributed by atoms with Gasteiger partial charge in [0.25, 0.3) is 0 Å². The zero-order valence-corrected chi connectivity index (χ0v) is 18.2. The first-order chi connectivity index (χ1) is 13.0. The predicted molar refractivity (Wildman–Crippen MR) is 120 cm³/mol. The summed E-state index contributed by atoms with van der Waals surface area (Å²) in [7, 11) is 3.98. The van der Waals surface area contributed by atoms with Crippen molar-refractivity contribution in [1.82, 2.24) is 9.88 Å². The Labute approximate surface area is 179 Å². The molecule has 0 aliphatic carbocycles. The number of benzene rings is 2. The molecule has 150 valence electrons. The molecule has 2 aromatic carbocycles. The van der Waals surface area contributed by atoms with Gasteiger partial charge in [-0.3, -0.25) is 9.69 Å². The van der Waals surface area contributed by atoms with E-state index in [2.05, 4.69) is 9.88 Å². The molecule has 0 aliphatic heterocycles. The van der Waals surface area contributed by atoms with Gasteiger partial charge in [0.1, 0.15) is 5.82 Å². The average Bonchev–Trinajstić information content (AvgIpc) is 3.07. The van der Waals surface area contributed by atoms with Crippen molar-refractivity contribution >= 4 is 56.8 Å². The summed E-state index contributed by atoms with van der Waals surface area (Å²) in [6.07, 6.45) is 0.408. The first kappa shape index (κ1) is 22.6. The average molecular weight is 440 g/mol. The van der Waals surface area contributed by atoms with Crippen LogP contribution in [-0.2, 0) is 4.79 Å². The van der Waals surface area contributed by atoms with Crippen LogP contribution >= 0.6 is 35.5 Å². The number of fused-ring (bicyclic) bond motifs is 1. The first-order valence-corrected chi connectivity index (χ1v) is 10.5. The molecular weight excluding hydrogens is 417 g/mol. The van der Waals surface area contributed by atoms with E-state index in [-0.39, 0.29) is 24.1 Å². The third-order valence-electron chi connectivity index (χ3n) is 3.98. The van der Waals surface area contributed by atoms with Crippen molar-refractivity contribution in [3.8, 4) is 0 Å². The molecule has 0 bridgehead atoms. The monoisotopic (exact) mass is 439 g/mol. The molecule has 0 saturated carbocycles. The van der Waals surface area contributed by atoms with Crippen LogP contribution in [0.2, 0.25) is 0 Å². The largest absolute Gasteiger partial charge is 0.308 e. The van der Waals surface area contributed by atoms with Gasteiger partial charge >= 0.3 is 0 Å². The number of nitrogens with zero attached hydrogens (tertiary/aromatic N) is 3. The maximum atomic E-state index is 13.0. The van der Waals surface area contributed by atoms with Crippen molar-refractivity contribution in [3.63, 3.8) is 0 Å². The lowest BCUT2D eigenvalue weighted by Gasteiger charge is -2.22. The Hall–Kier alpha value is -1.67. The van der Waals surface area contributed by atoms with Gasteiger partial charge in [0.15, 0.2) is 5.13 Å². The zero-order valence-electron chi connectivity index (χ0n) is 15.8. The van der Waals surface area contributed by atoms with E-state index in [0.29, 0.717) is 18.7 Å². The second-order valence-corrected chi connectivity index (χ2v) is 8.54. The van der Waals surface area contributed by atoms with Crippen LogP contribution < -0.4 is 4.90 Å². The number of amides is 1. The first-order valence-electron chi connectivity index (χ1n) is 8.72. The van der Waals surface area contributed by atoms with E-state index in [0.717, 1.165) is 26.8 Å². The normalized spacial score (nSPS) is 10.9. The fraction of sp³-hybridized carbons (Fsp3) is 0.300. The summed E-state index contributed by atoms with van der Waals surface area (Å²) in [5.74, 6) is 0.458. The van der Waals surface area contributed by atoms with Gasteiger partial charge in [-0.05, 0) is 50.5 Å². The van der Waals surface area contributed by atoms with Crippen molar-refractivity contribution < 1.29 is 9.18 Å². The number of hydrogen-bond acceptors (Lipinski definition) is 5. The Morgan fingerprint density at radius 3 is 2.50 bits per heavy atom. The van der Waals surface area contributed by atoms with E-state index in [1.54, 1.807) is 40.1 Å². The van der Waals surface area contributed by atoms with E-state index < -0.39 is 0 Å². The summed E-state index contributed by atoms with van der Waals surface area (Å²) in [5, 5.41) is 0.745. The van der Waals surface area contributed by atoms with Gasteiger partial charge < -0.3 is 4.90 Å². The molecule has 1 aromatic heterocycles. The highest BCUT2D eigenvalue weighted by molar-refractivity contribution is 7.99. The molecular formula is C20H23ClFN3OS2. The SMILES string of the molecule is CN(C)CCN(C(=O)CCSc1ccc(F)cc1)c1nc2ccccc2s1.Cl. The van der Waals surface area contributed by atoms with Crippen LogP contribution in [0.4, 0.5) is 9.52 Å². The molecule has 1 amide bonds. The minimum Gasteiger partial charge on any atom is -0.308 e. The van der Waals surface area contributed by atoms with Crippen molar-refractivity contribution in [1.29, 1.82) is 0 Å². The smallest absolute Gasteiger partial charge is 0.229 e. The molecule has 28 heavy (non-hydrogen) atoms. The second kappa shape index (κ2) is 10.8. The van der Waals surface area contributed by atoms with Gasteiger partial charge in [-0.25, -0.2) is 9.37 Å². The summed E-state index contributed by atoms with van der Waals surface area (Å²) < 4.78 is 14.1. The van der Waals surface area contributed by atoms with E-state index in [1.165, 1.54) is 12.1 Å². The molecule has 1 heterocycles. The Bertz CT molecular complexity index is 869. The Balaban J connectivity index is 0.00000280. The third kappa shape index (κ3) is 6.17. The van der Waals surface area contributed by atoms with E-state index >= 15 is 0 Å². The molecule has 3 rings (SSSR count). The maximum absolute atomic E-state index is 13.0. The van der Waals surface area contributed by atoms with E-state index in [4.69, 9.17) is 0 Å². The van der Waals surface area contributed by atoms with Gasteiger partial charge in [0, 0.05) is 30.2 Å². The summed E-state index contributed by atoms with van der Waals surface area (Å²) >= 11 is 3.10. The fourth-order valence-corrected chi connectivity index (χ4v) is 4.37. The quantitative estimate of drug-likeness (QED) is 0.466. The van der Waals surface area contributed by atoms with Crippen LogP contribution in [0.5, 0.6) is 0 Å². The standard InChI is InChI=1S/C20H22FN3OS2.ClH/c1-23(2)12-13-24(20-22-17-5-3-4-6-18(17)27-20)19(25)11-14-26-16-9-7-15(21)8-10-16;/h3-10H,11-14H2,1-2H3;1H. The number of thiazole rings is 1. The van der Waals surface area contributed by atoms with Crippen molar-refractivity contribution in [2.45, 2.75) is 11.3 Å². The minimum atomic E-state index is -0.249. The molecule has 4 nitrogen and oxygen atoms in total. The van der Waals surface area contributed by atoms with E-state index in [1.807, 2.05) is 38.4 Å². The van der Waals surface area contributed by atoms with Crippen molar-refractivity contribution in [2.75, 3.05) is 37.8 Å². The molecule has 3 aromatic rings. The molecule has 0 fully saturated rings. The zero-order chi connectivity index (χ0) is 19.2. The summed E-state index contributed by atoms with van der Waals surface area (Å²) in [6.45, 7) is 1.37. The summed E-state index contributed by atoms with van der Waals surface area (Å²) in [5.41, 5.74) is 0.917. The lowest BCUT2D eigenvalue weighted by atomic mass is 10.3. The number of likely N-dealkylation sites (N-methyl/N-ethyl adjacent to an activating group) is 1. The molecule has 0 radical (unpaired) electrons. The third-order valence-corrected chi connectivity index (χ3v) is 6.06. The molecule has 0 N–H and O–H groups in total. The molecule has 8 heteroatoms. The number of thioether (sulfide) groups is 1. The molecule has 0 aliphatic rings. The van der Waals surface area contributed by atoms with Crippen LogP contribution in [0.25, 0.3) is 10.2 Å². The Morgan fingerprint density at radius 2 is 1.82 bits per heavy atom. The Morgan fingerprint density at radius 1 is 1.11 bits per heavy atom. The number of halogens is 2. The van der Waals surface area contributed by atoms with Gasteiger partial charge in [-0.1, -0.05) is 23.5 Å². The molecule has 0 atom stereocenters. The van der Waals surface area contributed by atoms with Gasteiger partial charge in [-0.2, -0.15) is 0 Å². The highest BCUT2D eigenvalue weighted by atomic mass is 35.5. The number of hydrogen-bond donors (Lipinski definition) is 0. The second-order valence-electron chi connectivity index (χ2n) is 6.37. The number of carbonyl (C=O) groups is 1. The number of anilines is 1. The van der Waals surface area contributed by atoms with Crippen LogP contribution in [0, 0.1) is 5.82 Å². The van der Waals surface area contributed by atoms with Crippen molar-refractivity contribution in [2.24, 2.45) is 0 Å². The minimum absolute atomic E-state index is 0. The highest BCUT2D eigenvalue weighted by Gasteiger charge is 2.19. The maximum Gasteiger partial charge on any atom is 0.229 e. The summed E-state index contributed by atoms with van der Waals surface area (Å²) in [4.78, 5) is 22.3. The fourth-order valence-electron chi connectivity index (χ4n) is 2.52. The van der Waals surface area contributed by atoms with Crippen LogP contribution in [0.3, 0.4) is 0 Å². The van der Waals surface area contributed by atoms with Crippen LogP contribution in [-0.4, -0.2) is 48.7 Å². The topological polar surface area (TPSA) is 36.4 Å². The number of aromatic nitrogens is 1. The molecule has 0 spiro atoms. The summed E-state index contributed by atoms with van der Waals surface area (Å²) in [6, 6.07) is 14.3. The van der Waals surface area contributed by atoms with E-state index in [9.17, 15) is 9.18 Å². The number of rotatable bonds is 8. The number of carbonyl (C=O) groups excluding carboxylic acids is 1. The van der Waals surface area contributed by atoms with Gasteiger partial charge in [0.2, 0.25) is 5.91 Å². The predicted octanol–water partition coefficient (Wildman–Crippen LogP) is 4.93. The molecule has 0 unspecified atom stereocenters. The van der Waals surface area contributed by atoms with Gasteiger partial charge in [0.05, 0.1) is 10.2 Å². The van der Waals surface area contributed by atoms with Crippen molar-refractivity contribution in [3.05, 3.63) is 54.3 Å². The Kier molecular flexibility index (Phi) is 8.69. The van der Waals surface area contributed by atoms with Crippen LogP contribution in [0.1, 0.15) is 6.42 Å². The highest BCUT2D eigenvalue weighted by Crippen LogP contribution is 2.29. The number of para-hydroxylation sites is 1.